The van der Waals surface area contributed by atoms with Gasteiger partial charge in [0.05, 0.1) is 0 Å². The first-order chi connectivity index (χ1) is 3.85. The maximum absolute atomic E-state index is 9.95. The Morgan fingerprint density at radius 3 is 1.67 bits per heavy atom. The van der Waals surface area contributed by atoms with Crippen molar-refractivity contribution in [2.24, 2.45) is 0 Å². The minimum Gasteiger partial charge on any atom is -0.480 e. The highest BCUT2D eigenvalue weighted by atomic mass is 32.2. The van der Waals surface area contributed by atoms with Gasteiger partial charge < -0.3 is 10.2 Å². The molecule has 0 amide bonds. The summed E-state index contributed by atoms with van der Waals surface area (Å²) in [5.74, 6) is -1.39. The SMILES string of the molecule is CC(=C(O)O)S(=O)(=O)O. The van der Waals surface area contributed by atoms with E-state index in [-0.39, 0.29) is 0 Å². The predicted molar refractivity (Wildman–Crippen MR) is 29.5 cm³/mol. The van der Waals surface area contributed by atoms with Crippen molar-refractivity contribution in [2.45, 2.75) is 6.92 Å². The molecule has 54 valence electrons. The molecule has 3 N–H and O–H groups in total. The largest absolute Gasteiger partial charge is 0.480 e. The lowest BCUT2D eigenvalue weighted by molar-refractivity contribution is 0.187. The van der Waals surface area contributed by atoms with Crippen LogP contribution in [0, 0.1) is 0 Å². The molecule has 0 aliphatic rings. The van der Waals surface area contributed by atoms with Gasteiger partial charge in [-0.15, -0.1) is 0 Å². The van der Waals surface area contributed by atoms with E-state index in [4.69, 9.17) is 14.8 Å². The van der Waals surface area contributed by atoms with Crippen molar-refractivity contribution in [3.8, 4) is 0 Å². The minimum atomic E-state index is -4.42. The lowest BCUT2D eigenvalue weighted by Gasteiger charge is -1.93. The highest BCUT2D eigenvalue weighted by Crippen LogP contribution is 2.03. The van der Waals surface area contributed by atoms with Crippen LogP contribution < -0.4 is 0 Å². The number of aliphatic hydroxyl groups is 2. The van der Waals surface area contributed by atoms with Gasteiger partial charge in [0.2, 0.25) is 0 Å². The molecule has 0 aromatic rings. The smallest absolute Gasteiger partial charge is 0.297 e. The summed E-state index contributed by atoms with van der Waals surface area (Å²) in [6.45, 7) is 0.866. The molecule has 0 fully saturated rings. The van der Waals surface area contributed by atoms with Crippen LogP contribution >= 0.6 is 0 Å². The van der Waals surface area contributed by atoms with E-state index < -0.39 is 21.0 Å². The van der Waals surface area contributed by atoms with Crippen LogP contribution in [0.1, 0.15) is 6.92 Å². The Morgan fingerprint density at radius 1 is 1.33 bits per heavy atom. The van der Waals surface area contributed by atoms with Crippen LogP contribution in [0.2, 0.25) is 0 Å². The van der Waals surface area contributed by atoms with Crippen LogP contribution in [0.15, 0.2) is 10.9 Å². The lowest BCUT2D eigenvalue weighted by Crippen LogP contribution is -2.01. The summed E-state index contributed by atoms with van der Waals surface area (Å²) in [7, 11) is -4.42. The molecule has 0 aliphatic carbocycles. The first-order valence-corrected chi connectivity index (χ1v) is 3.36. The third-order valence-corrected chi connectivity index (χ3v) is 1.66. The highest BCUT2D eigenvalue weighted by molar-refractivity contribution is 7.89. The van der Waals surface area contributed by atoms with Crippen LogP contribution in [0.3, 0.4) is 0 Å². The van der Waals surface area contributed by atoms with E-state index >= 15 is 0 Å². The summed E-state index contributed by atoms with van der Waals surface area (Å²) in [6.07, 6.45) is 0. The Kier molecular flexibility index (Phi) is 2.05. The Morgan fingerprint density at radius 2 is 1.67 bits per heavy atom. The van der Waals surface area contributed by atoms with Crippen molar-refractivity contribution in [3.63, 3.8) is 0 Å². The molecule has 0 saturated carbocycles. The van der Waals surface area contributed by atoms with Crippen molar-refractivity contribution < 1.29 is 23.2 Å². The molecule has 0 spiro atoms. The number of hydrogen-bond acceptors (Lipinski definition) is 4. The van der Waals surface area contributed by atoms with E-state index in [1.165, 1.54) is 0 Å². The average Bonchev–Trinajstić information content (AvgIpc) is 1.62. The van der Waals surface area contributed by atoms with Gasteiger partial charge in [-0.2, -0.15) is 8.42 Å². The van der Waals surface area contributed by atoms with Gasteiger partial charge in [-0.1, -0.05) is 0 Å². The Hall–Kier alpha value is -0.750. The summed E-state index contributed by atoms with van der Waals surface area (Å²) in [4.78, 5) is -0.859. The quantitative estimate of drug-likeness (QED) is 0.370. The fourth-order valence-electron chi connectivity index (χ4n) is 0.115. The maximum atomic E-state index is 9.95. The van der Waals surface area contributed by atoms with Gasteiger partial charge in [0.1, 0.15) is 4.91 Å². The van der Waals surface area contributed by atoms with E-state index in [1.54, 1.807) is 0 Å². The molecule has 9 heavy (non-hydrogen) atoms. The molecule has 0 bridgehead atoms. The van der Waals surface area contributed by atoms with Crippen LogP contribution in [-0.4, -0.2) is 23.2 Å². The normalized spacial score (nSPS) is 10.9. The third-order valence-electron chi connectivity index (χ3n) is 0.702. The van der Waals surface area contributed by atoms with Gasteiger partial charge in [-0.05, 0) is 6.92 Å². The van der Waals surface area contributed by atoms with E-state index in [2.05, 4.69) is 0 Å². The topological polar surface area (TPSA) is 94.8 Å². The van der Waals surface area contributed by atoms with Crippen molar-refractivity contribution in [1.82, 2.24) is 0 Å². The summed E-state index contributed by atoms with van der Waals surface area (Å²) >= 11 is 0. The number of rotatable bonds is 1. The van der Waals surface area contributed by atoms with Crippen molar-refractivity contribution in [2.75, 3.05) is 0 Å². The fourth-order valence-corrected chi connectivity index (χ4v) is 0.346. The molecular weight excluding hydrogens is 148 g/mol. The molecule has 0 saturated heterocycles. The standard InChI is InChI=1S/C3H6O5S/c1-2(3(4)5)9(6,7)8/h4-5H,1H3,(H,6,7,8). The van der Waals surface area contributed by atoms with Gasteiger partial charge >= 0.3 is 0 Å². The van der Waals surface area contributed by atoms with E-state index in [1.807, 2.05) is 0 Å². The molecule has 0 atom stereocenters. The van der Waals surface area contributed by atoms with Crippen molar-refractivity contribution >= 4 is 10.1 Å². The minimum absolute atomic E-state index is 0.859. The van der Waals surface area contributed by atoms with Gasteiger partial charge in [-0.3, -0.25) is 4.55 Å². The molecule has 0 aliphatic heterocycles. The zero-order valence-electron chi connectivity index (χ0n) is 4.57. The number of aliphatic hydroxyl groups excluding tert-OH is 1. The second-order valence-electron chi connectivity index (χ2n) is 1.35. The van der Waals surface area contributed by atoms with Gasteiger partial charge in [-0.25, -0.2) is 0 Å². The maximum Gasteiger partial charge on any atom is 0.297 e. The molecule has 0 aromatic heterocycles. The number of allylic oxidation sites excluding steroid dienone is 1. The van der Waals surface area contributed by atoms with Crippen LogP contribution in [-0.2, 0) is 10.1 Å². The van der Waals surface area contributed by atoms with E-state index in [9.17, 15) is 8.42 Å². The highest BCUT2D eigenvalue weighted by Gasteiger charge is 2.12. The molecular formula is C3H6O5S. The molecule has 5 nitrogen and oxygen atoms in total. The zero-order valence-corrected chi connectivity index (χ0v) is 5.38. The van der Waals surface area contributed by atoms with Crippen LogP contribution in [0.4, 0.5) is 0 Å². The molecule has 0 unspecified atom stereocenters. The zero-order chi connectivity index (χ0) is 7.65. The van der Waals surface area contributed by atoms with E-state index in [0.717, 1.165) is 6.92 Å². The van der Waals surface area contributed by atoms with Crippen molar-refractivity contribution in [3.05, 3.63) is 10.9 Å². The van der Waals surface area contributed by atoms with Gasteiger partial charge in [0, 0.05) is 0 Å². The predicted octanol–water partition coefficient (Wildman–Crippen LogP) is 0.179. The first-order valence-electron chi connectivity index (χ1n) is 1.92. The summed E-state index contributed by atoms with van der Waals surface area (Å²) in [5.41, 5.74) is 0. The summed E-state index contributed by atoms with van der Waals surface area (Å²) in [6, 6.07) is 0. The first kappa shape index (κ1) is 8.25. The summed E-state index contributed by atoms with van der Waals surface area (Å²) < 4.78 is 28.0. The fraction of sp³-hybridized carbons (Fsp3) is 0.333. The van der Waals surface area contributed by atoms with Crippen LogP contribution in [0.5, 0.6) is 0 Å². The molecule has 0 rings (SSSR count). The molecule has 0 heterocycles. The van der Waals surface area contributed by atoms with Crippen molar-refractivity contribution in [1.29, 1.82) is 0 Å². The molecule has 0 radical (unpaired) electrons. The lowest BCUT2D eigenvalue weighted by atomic mass is 10.7. The van der Waals surface area contributed by atoms with Crippen LogP contribution in [0.25, 0.3) is 0 Å². The van der Waals surface area contributed by atoms with Gasteiger partial charge in [0.15, 0.2) is 0 Å². The average molecular weight is 154 g/mol. The van der Waals surface area contributed by atoms with E-state index in [0.29, 0.717) is 0 Å². The molecule has 6 heteroatoms. The summed E-state index contributed by atoms with van der Waals surface area (Å²) in [5, 5.41) is 16.1. The third kappa shape index (κ3) is 2.34. The second-order valence-corrected chi connectivity index (χ2v) is 2.92. The molecule has 0 aromatic carbocycles. The Bertz CT molecular complexity index is 219. The Labute approximate surface area is 52.0 Å². The van der Waals surface area contributed by atoms with Gasteiger partial charge in [0.25, 0.3) is 16.1 Å². The Balaban J connectivity index is 4.86. The monoisotopic (exact) mass is 154 g/mol. The second kappa shape index (κ2) is 2.24. The number of hydrogen-bond donors (Lipinski definition) is 3.